The van der Waals surface area contributed by atoms with Crippen molar-refractivity contribution in [2.24, 2.45) is 22.7 Å². The van der Waals surface area contributed by atoms with E-state index in [1.165, 1.54) is 19.1 Å². The van der Waals surface area contributed by atoms with Crippen molar-refractivity contribution in [1.82, 2.24) is 10.6 Å². The Bertz CT molecular complexity index is 2720. The number of ketones is 1. The first kappa shape index (κ1) is 53.2. The number of esters is 5. The van der Waals surface area contributed by atoms with E-state index in [1.54, 1.807) is 120 Å². The Morgan fingerprint density at radius 3 is 2.05 bits per heavy atom. The Morgan fingerprint density at radius 2 is 1.46 bits per heavy atom. The van der Waals surface area contributed by atoms with Gasteiger partial charge in [-0.2, -0.15) is 0 Å². The summed E-state index contributed by atoms with van der Waals surface area (Å²) >= 11 is 0. The van der Waals surface area contributed by atoms with Crippen LogP contribution < -0.4 is 10.6 Å². The van der Waals surface area contributed by atoms with E-state index < -0.39 is 137 Å². The highest BCUT2D eigenvalue weighted by molar-refractivity contribution is 5.98. The van der Waals surface area contributed by atoms with Crippen LogP contribution in [0.1, 0.15) is 102 Å². The third-order valence-electron chi connectivity index (χ3n) is 15.0. The normalized spacial score (nSPS) is 29.0. The summed E-state index contributed by atoms with van der Waals surface area (Å²) in [5.74, 6) is -7.24. The molecule has 3 aromatic rings. The number of carbonyl (C=O) groups is 8. The van der Waals surface area contributed by atoms with Gasteiger partial charge >= 0.3 is 42.0 Å². The number of Topliss-reactive ketones (excluding diaryl/α,β-unsaturated/α-hetero) is 1. The number of fused-ring (bicyclic) bond motifs is 4. The van der Waals surface area contributed by atoms with Crippen LogP contribution in [-0.4, -0.2) is 113 Å². The molecule has 0 aromatic heterocycles. The number of rotatable bonds is 14. The smallest absolute Gasteiger partial charge is 0.408 e. The van der Waals surface area contributed by atoms with Crippen molar-refractivity contribution in [2.45, 2.75) is 135 Å². The van der Waals surface area contributed by atoms with Crippen LogP contribution in [-0.2, 0) is 68.5 Å². The first-order valence-electron chi connectivity index (χ1n) is 24.5. The van der Waals surface area contributed by atoms with Crippen LogP contribution in [0.2, 0.25) is 0 Å². The molecule has 0 radical (unpaired) electrons. The summed E-state index contributed by atoms with van der Waals surface area (Å²) in [5, 5.41) is 18.9. The Labute approximate surface area is 427 Å². The topological polar surface area (TPSA) is 255 Å². The average molecular weight is 1020 g/mol. The molecule has 4 aliphatic carbocycles. The van der Waals surface area contributed by atoms with Crippen LogP contribution in [0.4, 0.5) is 9.59 Å². The van der Waals surface area contributed by atoms with Crippen molar-refractivity contribution in [2.75, 3.05) is 13.2 Å². The third kappa shape index (κ3) is 10.1. The maximum Gasteiger partial charge on any atom is 0.408 e. The molecule has 74 heavy (non-hydrogen) atoms. The molecule has 1 heterocycles. The molecule has 394 valence electrons. The number of hydrogen-bond donors (Lipinski definition) is 3. The molecule has 19 heteroatoms. The zero-order valence-electron chi connectivity index (χ0n) is 42.5. The van der Waals surface area contributed by atoms with Gasteiger partial charge in [0.2, 0.25) is 6.10 Å². The van der Waals surface area contributed by atoms with Gasteiger partial charge < -0.3 is 53.6 Å². The summed E-state index contributed by atoms with van der Waals surface area (Å²) in [6.07, 6.45) is -9.91. The maximum atomic E-state index is 15.7. The largest absolute Gasteiger partial charge is 0.455 e. The van der Waals surface area contributed by atoms with Crippen LogP contribution in [0.15, 0.2) is 102 Å². The van der Waals surface area contributed by atoms with Crippen molar-refractivity contribution in [1.29, 1.82) is 0 Å². The molecule has 1 unspecified atom stereocenters. The summed E-state index contributed by atoms with van der Waals surface area (Å²) in [6, 6.07) is 23.2. The van der Waals surface area contributed by atoms with Gasteiger partial charge in [0, 0.05) is 31.1 Å². The van der Waals surface area contributed by atoms with Crippen molar-refractivity contribution in [3.05, 3.63) is 119 Å². The molecule has 1 aliphatic heterocycles. The molecule has 2 amide bonds. The zero-order chi connectivity index (χ0) is 53.5. The highest BCUT2D eigenvalue weighted by Crippen LogP contribution is 2.74. The van der Waals surface area contributed by atoms with E-state index in [4.69, 9.17) is 37.9 Å². The molecular weight excluding hydrogens is 961 g/mol. The van der Waals surface area contributed by atoms with E-state index in [2.05, 4.69) is 10.6 Å². The SMILES string of the molecule is CC(=O)O[C@H]1C(=O)[C@]23CC2C[C@H]2OC[C@@]2(OC(C)=O)[C@H]3[C@H](OC(=O)c2ccccc2)[C@]2(O)C[C@H](OC(=O)[C@H](OC(=O)CNC(=O)OCc3ccccc3)[C@@H](NC(=O)OC(C)(C)C)c3ccccc3)C(C)=C1C2(C)C. The minimum Gasteiger partial charge on any atom is -0.455 e. The maximum absolute atomic E-state index is 15.7. The number of amides is 2. The zero-order valence-corrected chi connectivity index (χ0v) is 42.5. The molecule has 3 saturated carbocycles. The van der Waals surface area contributed by atoms with Crippen LogP contribution in [0.5, 0.6) is 0 Å². The van der Waals surface area contributed by atoms with Crippen LogP contribution in [0.25, 0.3) is 0 Å². The fourth-order valence-electron chi connectivity index (χ4n) is 11.6. The van der Waals surface area contributed by atoms with E-state index >= 15 is 9.59 Å². The van der Waals surface area contributed by atoms with Gasteiger partial charge in [0.05, 0.1) is 18.1 Å². The van der Waals surface area contributed by atoms with Gasteiger partial charge in [-0.25, -0.2) is 19.2 Å². The highest BCUT2D eigenvalue weighted by Gasteiger charge is 2.84. The molecular formula is C55H62N2O17. The highest BCUT2D eigenvalue weighted by atomic mass is 16.6. The first-order chi connectivity index (χ1) is 34.9. The molecule has 1 saturated heterocycles. The predicted octanol–water partition coefficient (Wildman–Crippen LogP) is 5.95. The predicted molar refractivity (Wildman–Crippen MR) is 258 cm³/mol. The second-order valence-electron chi connectivity index (χ2n) is 21.2. The number of aliphatic hydroxyl groups is 1. The lowest BCUT2D eigenvalue weighted by molar-refractivity contribution is -0.323. The molecule has 3 aromatic carbocycles. The first-order valence-corrected chi connectivity index (χ1v) is 24.5. The van der Waals surface area contributed by atoms with Crippen molar-refractivity contribution < 1.29 is 81.4 Å². The van der Waals surface area contributed by atoms with Crippen LogP contribution >= 0.6 is 0 Å². The van der Waals surface area contributed by atoms with Crippen molar-refractivity contribution in [3.63, 3.8) is 0 Å². The van der Waals surface area contributed by atoms with Gasteiger partial charge in [0.25, 0.3) is 0 Å². The number of carbonyl (C=O) groups excluding carboxylic acids is 8. The summed E-state index contributed by atoms with van der Waals surface area (Å²) in [7, 11) is 0. The van der Waals surface area contributed by atoms with Gasteiger partial charge in [-0.3, -0.25) is 19.2 Å². The quantitative estimate of drug-likeness (QED) is 0.0958. The lowest BCUT2D eigenvalue weighted by atomic mass is 9.48. The monoisotopic (exact) mass is 1020 g/mol. The lowest BCUT2D eigenvalue weighted by Crippen LogP contribution is -2.78. The fourth-order valence-corrected chi connectivity index (χ4v) is 11.6. The Morgan fingerprint density at radius 1 is 0.824 bits per heavy atom. The van der Waals surface area contributed by atoms with Gasteiger partial charge in [-0.05, 0) is 80.9 Å². The van der Waals surface area contributed by atoms with E-state index in [0.717, 1.165) is 6.92 Å². The number of alkyl carbamates (subject to hydrolysis) is 2. The second kappa shape index (κ2) is 20.3. The minimum absolute atomic E-state index is 0.0512. The van der Waals surface area contributed by atoms with Crippen LogP contribution in [0, 0.1) is 22.7 Å². The Balaban J connectivity index is 1.22. The molecule has 19 nitrogen and oxygen atoms in total. The van der Waals surface area contributed by atoms with Crippen molar-refractivity contribution in [3.8, 4) is 0 Å². The Kier molecular flexibility index (Phi) is 14.6. The summed E-state index contributed by atoms with van der Waals surface area (Å²) in [4.78, 5) is 112. The minimum atomic E-state index is -2.37. The van der Waals surface area contributed by atoms with Gasteiger partial charge in [-0.1, -0.05) is 92.7 Å². The third-order valence-corrected chi connectivity index (χ3v) is 15.0. The molecule has 3 N–H and O–H groups in total. The fraction of sp³-hybridized carbons (Fsp3) is 0.491. The summed E-state index contributed by atoms with van der Waals surface area (Å²) < 4.78 is 47.8. The second-order valence-corrected chi connectivity index (χ2v) is 21.2. The molecule has 1 spiro atoms. The Hall–Kier alpha value is -7.12. The van der Waals surface area contributed by atoms with Crippen molar-refractivity contribution >= 4 is 47.8 Å². The lowest BCUT2D eigenvalue weighted by Gasteiger charge is -2.64. The molecule has 2 bridgehead atoms. The molecule has 8 rings (SSSR count). The summed E-state index contributed by atoms with van der Waals surface area (Å²) in [5.41, 5.74) is -6.93. The number of benzene rings is 3. The van der Waals surface area contributed by atoms with Gasteiger partial charge in [0.1, 0.15) is 48.7 Å². The van der Waals surface area contributed by atoms with E-state index in [-0.39, 0.29) is 48.3 Å². The standard InChI is InChI=1S/C55H62N2O17/c1-30-37(70-48(63)43(41(34-20-14-10-15-21-34)57-50(65)74-51(4,5)6)71-39(60)27-56-49(64)67-28-33-18-12-9-13-19-33)26-55(66)46(72-47(62)35-22-16-11-17-23-35)44-53(45(61)42(69-31(2)58)40(30)52(55,7)8)25-36(53)24-38-54(44,29-68-38)73-32(3)59/h9-23,36-38,41-44,46,66H,24-29H2,1-8H3,(H,56,64)(H,57,65)/t36?,37-,38+,41-,42+,43+,44-,46-,53+,54-,55+/m0/s1. The average Bonchev–Trinajstić information content (AvgIpc) is 4.07. The number of nitrogens with one attached hydrogen (secondary N) is 2. The van der Waals surface area contributed by atoms with Gasteiger partial charge in [0.15, 0.2) is 17.5 Å². The number of hydrogen-bond acceptors (Lipinski definition) is 17. The van der Waals surface area contributed by atoms with Gasteiger partial charge in [-0.15, -0.1) is 0 Å². The van der Waals surface area contributed by atoms with E-state index in [1.807, 2.05) is 0 Å². The van der Waals surface area contributed by atoms with E-state index in [9.17, 15) is 33.9 Å². The van der Waals surface area contributed by atoms with Crippen LogP contribution in [0.3, 0.4) is 0 Å². The molecule has 5 aliphatic rings. The molecule has 11 atom stereocenters. The van der Waals surface area contributed by atoms with E-state index in [0.29, 0.717) is 5.56 Å². The summed E-state index contributed by atoms with van der Waals surface area (Å²) in [6.45, 7) is 10.7. The number of ether oxygens (including phenoxy) is 8. The molecule has 4 fully saturated rings.